The van der Waals surface area contributed by atoms with Gasteiger partial charge in [0.25, 0.3) is 0 Å². The molecular formula is C12H10ClNO3. The third kappa shape index (κ3) is 2.31. The van der Waals surface area contributed by atoms with Crippen molar-refractivity contribution in [2.24, 2.45) is 0 Å². The third-order valence-electron chi connectivity index (χ3n) is 2.19. The van der Waals surface area contributed by atoms with Gasteiger partial charge in [-0.3, -0.25) is 0 Å². The van der Waals surface area contributed by atoms with Crippen LogP contribution < -0.4 is 0 Å². The highest BCUT2D eigenvalue weighted by molar-refractivity contribution is 6.33. The maximum absolute atomic E-state index is 11.6. The summed E-state index contributed by atoms with van der Waals surface area (Å²) in [4.78, 5) is 11.6. The molecule has 0 aliphatic rings. The van der Waals surface area contributed by atoms with Gasteiger partial charge in [-0.05, 0) is 13.0 Å². The average Bonchev–Trinajstić information content (AvgIpc) is 2.79. The summed E-state index contributed by atoms with van der Waals surface area (Å²) >= 11 is 6.04. The first-order valence-corrected chi connectivity index (χ1v) is 5.48. The summed E-state index contributed by atoms with van der Waals surface area (Å²) in [5.41, 5.74) is 1.32. The number of halogens is 1. The monoisotopic (exact) mass is 251 g/mol. The van der Waals surface area contributed by atoms with Gasteiger partial charge in [-0.15, -0.1) is 0 Å². The van der Waals surface area contributed by atoms with Gasteiger partial charge in [0, 0.05) is 5.56 Å². The minimum atomic E-state index is -0.469. The van der Waals surface area contributed by atoms with Gasteiger partial charge in [0.05, 0.1) is 11.6 Å². The molecule has 0 amide bonds. The lowest BCUT2D eigenvalue weighted by atomic mass is 10.1. The predicted octanol–water partition coefficient (Wildman–Crippen LogP) is 3.17. The smallest absolute Gasteiger partial charge is 0.343 e. The molecular weight excluding hydrogens is 242 g/mol. The van der Waals surface area contributed by atoms with Crippen LogP contribution in [0.5, 0.6) is 0 Å². The van der Waals surface area contributed by atoms with Crippen LogP contribution in [0.1, 0.15) is 17.3 Å². The molecule has 0 aliphatic carbocycles. The fraction of sp³-hybridized carbons (Fsp3) is 0.167. The number of ether oxygens (including phenoxy) is 1. The first-order chi connectivity index (χ1) is 8.24. The molecule has 0 radical (unpaired) electrons. The Bertz CT molecular complexity index is 536. The van der Waals surface area contributed by atoms with E-state index in [2.05, 4.69) is 5.16 Å². The van der Waals surface area contributed by atoms with Crippen molar-refractivity contribution in [3.63, 3.8) is 0 Å². The number of hydrogen-bond donors (Lipinski definition) is 0. The third-order valence-corrected chi connectivity index (χ3v) is 2.52. The Hall–Kier alpha value is -1.81. The second kappa shape index (κ2) is 5.01. The lowest BCUT2D eigenvalue weighted by molar-refractivity contribution is 0.0526. The molecule has 0 atom stereocenters. The van der Waals surface area contributed by atoms with Crippen molar-refractivity contribution >= 4 is 17.6 Å². The van der Waals surface area contributed by atoms with Crippen LogP contribution in [0.25, 0.3) is 11.3 Å². The maximum atomic E-state index is 11.6. The molecule has 0 N–H and O–H groups in total. The van der Waals surface area contributed by atoms with Crippen LogP contribution in [0.2, 0.25) is 5.02 Å². The molecule has 0 unspecified atom stereocenters. The molecule has 0 saturated heterocycles. The zero-order valence-corrected chi connectivity index (χ0v) is 9.90. The summed E-state index contributed by atoms with van der Waals surface area (Å²) in [5, 5.41) is 4.30. The van der Waals surface area contributed by atoms with Crippen molar-refractivity contribution in [3.8, 4) is 11.3 Å². The highest BCUT2D eigenvalue weighted by Gasteiger charge is 2.19. The molecule has 88 valence electrons. The number of esters is 1. The molecule has 1 aromatic heterocycles. The van der Waals surface area contributed by atoms with E-state index in [1.54, 1.807) is 25.1 Å². The van der Waals surface area contributed by atoms with Crippen molar-refractivity contribution in [2.45, 2.75) is 6.92 Å². The van der Waals surface area contributed by atoms with Crippen molar-refractivity contribution in [1.82, 2.24) is 5.16 Å². The minimum Gasteiger partial charge on any atom is -0.462 e. The van der Waals surface area contributed by atoms with Gasteiger partial charge >= 0.3 is 5.97 Å². The van der Waals surface area contributed by atoms with Gasteiger partial charge in [-0.25, -0.2) is 4.79 Å². The lowest BCUT2D eigenvalue weighted by Crippen LogP contribution is -2.05. The first-order valence-electron chi connectivity index (χ1n) is 5.10. The van der Waals surface area contributed by atoms with Crippen LogP contribution in [-0.2, 0) is 4.74 Å². The summed E-state index contributed by atoms with van der Waals surface area (Å²) in [6.45, 7) is 2.03. The van der Waals surface area contributed by atoms with Gasteiger partial charge in [0.15, 0.2) is 0 Å². The van der Waals surface area contributed by atoms with Gasteiger partial charge in [-0.1, -0.05) is 35.0 Å². The fourth-order valence-corrected chi connectivity index (χ4v) is 1.66. The minimum absolute atomic E-state index is 0.278. The summed E-state index contributed by atoms with van der Waals surface area (Å²) < 4.78 is 9.72. The molecule has 0 bridgehead atoms. The highest BCUT2D eigenvalue weighted by Crippen LogP contribution is 2.29. The van der Waals surface area contributed by atoms with E-state index in [0.29, 0.717) is 22.9 Å². The average molecular weight is 252 g/mol. The molecule has 0 saturated carbocycles. The van der Waals surface area contributed by atoms with Crippen molar-refractivity contribution < 1.29 is 14.1 Å². The van der Waals surface area contributed by atoms with E-state index in [1.165, 1.54) is 6.26 Å². The van der Waals surface area contributed by atoms with Crippen LogP contribution in [0.15, 0.2) is 35.1 Å². The van der Waals surface area contributed by atoms with Gasteiger partial charge < -0.3 is 9.26 Å². The number of hydrogen-bond acceptors (Lipinski definition) is 4. The Morgan fingerprint density at radius 3 is 2.94 bits per heavy atom. The van der Waals surface area contributed by atoms with E-state index in [4.69, 9.17) is 20.9 Å². The molecule has 1 aromatic carbocycles. The number of nitrogens with zero attached hydrogens (tertiary/aromatic N) is 1. The molecule has 2 aromatic rings. The molecule has 2 rings (SSSR count). The fourth-order valence-electron chi connectivity index (χ4n) is 1.44. The standard InChI is InChI=1S/C12H10ClNO3/c1-2-16-12(15)9-7-17-14-11(9)8-5-3-4-6-10(8)13/h3-7H,2H2,1H3. The Morgan fingerprint density at radius 1 is 1.47 bits per heavy atom. The Balaban J connectivity index is 2.44. The van der Waals surface area contributed by atoms with E-state index in [-0.39, 0.29) is 5.56 Å². The van der Waals surface area contributed by atoms with Crippen LogP contribution in [0.3, 0.4) is 0 Å². The van der Waals surface area contributed by atoms with Gasteiger partial charge in [0.2, 0.25) is 0 Å². The summed E-state index contributed by atoms with van der Waals surface area (Å²) in [7, 11) is 0. The molecule has 4 nitrogen and oxygen atoms in total. The van der Waals surface area contributed by atoms with Crippen molar-refractivity contribution in [2.75, 3.05) is 6.61 Å². The first kappa shape index (κ1) is 11.7. The van der Waals surface area contributed by atoms with Crippen LogP contribution in [0, 0.1) is 0 Å². The topological polar surface area (TPSA) is 52.3 Å². The number of carbonyl (C=O) groups excluding carboxylic acids is 1. The van der Waals surface area contributed by atoms with E-state index in [0.717, 1.165) is 0 Å². The second-order valence-corrected chi connectivity index (χ2v) is 3.68. The normalized spacial score (nSPS) is 10.2. The zero-order valence-electron chi connectivity index (χ0n) is 9.14. The zero-order chi connectivity index (χ0) is 12.3. The summed E-state index contributed by atoms with van der Waals surface area (Å²) in [6.07, 6.45) is 1.26. The Labute approximate surface area is 103 Å². The van der Waals surface area contributed by atoms with Gasteiger partial charge in [-0.2, -0.15) is 0 Å². The molecule has 0 aliphatic heterocycles. The summed E-state index contributed by atoms with van der Waals surface area (Å²) in [5.74, 6) is -0.469. The van der Waals surface area contributed by atoms with Crippen molar-refractivity contribution in [3.05, 3.63) is 41.1 Å². The van der Waals surface area contributed by atoms with Gasteiger partial charge in [0.1, 0.15) is 17.5 Å². The molecule has 5 heteroatoms. The van der Waals surface area contributed by atoms with Crippen LogP contribution in [0.4, 0.5) is 0 Å². The van der Waals surface area contributed by atoms with E-state index in [9.17, 15) is 4.79 Å². The van der Waals surface area contributed by atoms with E-state index in [1.807, 2.05) is 6.07 Å². The molecule has 17 heavy (non-hydrogen) atoms. The number of benzene rings is 1. The van der Waals surface area contributed by atoms with Crippen LogP contribution >= 0.6 is 11.6 Å². The second-order valence-electron chi connectivity index (χ2n) is 3.28. The maximum Gasteiger partial charge on any atom is 0.343 e. The van der Waals surface area contributed by atoms with Crippen LogP contribution in [-0.4, -0.2) is 17.7 Å². The quantitative estimate of drug-likeness (QED) is 0.787. The number of rotatable bonds is 3. The Morgan fingerprint density at radius 2 is 2.24 bits per heavy atom. The number of aromatic nitrogens is 1. The predicted molar refractivity (Wildman–Crippen MR) is 62.9 cm³/mol. The molecule has 0 spiro atoms. The van der Waals surface area contributed by atoms with E-state index < -0.39 is 5.97 Å². The highest BCUT2D eigenvalue weighted by atomic mass is 35.5. The molecule has 1 heterocycles. The summed E-state index contributed by atoms with van der Waals surface area (Å²) in [6, 6.07) is 7.10. The largest absolute Gasteiger partial charge is 0.462 e. The Kier molecular flexibility index (Phi) is 3.44. The lowest BCUT2D eigenvalue weighted by Gasteiger charge is -2.02. The van der Waals surface area contributed by atoms with E-state index >= 15 is 0 Å². The number of carbonyl (C=O) groups is 1. The SMILES string of the molecule is CCOC(=O)c1conc1-c1ccccc1Cl. The molecule has 0 fully saturated rings. The van der Waals surface area contributed by atoms with Crippen molar-refractivity contribution in [1.29, 1.82) is 0 Å².